The summed E-state index contributed by atoms with van der Waals surface area (Å²) < 4.78 is 0. The average molecular weight is 265 g/mol. The van der Waals surface area contributed by atoms with Crippen LogP contribution in [0.1, 0.15) is 45.6 Å². The van der Waals surface area contributed by atoms with Crippen molar-refractivity contribution in [2.45, 2.75) is 45.4 Å². The summed E-state index contributed by atoms with van der Waals surface area (Å²) in [5.41, 5.74) is 2.40. The van der Waals surface area contributed by atoms with Crippen molar-refractivity contribution in [2.75, 3.05) is 0 Å². The number of phenolic OH excluding ortho intramolecular Hbond substituents is 1. The lowest BCUT2D eigenvalue weighted by Gasteiger charge is -2.37. The molecule has 98 valence electrons. The van der Waals surface area contributed by atoms with Crippen molar-refractivity contribution in [3.63, 3.8) is 0 Å². The number of allylic oxidation sites excluding steroid dienone is 2. The Morgan fingerprint density at radius 3 is 2.67 bits per heavy atom. The van der Waals surface area contributed by atoms with E-state index < -0.39 is 0 Å². The third kappa shape index (κ3) is 2.56. The maximum absolute atomic E-state index is 10.1. The van der Waals surface area contributed by atoms with Gasteiger partial charge in [-0.05, 0) is 55.7 Å². The van der Waals surface area contributed by atoms with Gasteiger partial charge in [0.25, 0.3) is 0 Å². The average Bonchev–Trinajstić information content (AvgIpc) is 2.32. The summed E-state index contributed by atoms with van der Waals surface area (Å²) in [7, 11) is 0. The maximum atomic E-state index is 10.1. The van der Waals surface area contributed by atoms with E-state index in [-0.39, 0.29) is 5.41 Å². The van der Waals surface area contributed by atoms with Crippen molar-refractivity contribution >= 4 is 11.6 Å². The summed E-state index contributed by atoms with van der Waals surface area (Å²) in [5.74, 6) is 0.918. The molecule has 0 aromatic heterocycles. The SMILES string of the molecule is CC1=CCC(C(C)(C)c2cc(Cl)ccc2O)CC1. The molecule has 1 atom stereocenters. The van der Waals surface area contributed by atoms with Crippen molar-refractivity contribution < 1.29 is 5.11 Å². The van der Waals surface area contributed by atoms with Crippen LogP contribution in [0.3, 0.4) is 0 Å². The molecular weight excluding hydrogens is 244 g/mol. The van der Waals surface area contributed by atoms with Gasteiger partial charge >= 0.3 is 0 Å². The van der Waals surface area contributed by atoms with E-state index in [1.165, 1.54) is 12.0 Å². The fourth-order valence-electron chi connectivity index (χ4n) is 2.86. The van der Waals surface area contributed by atoms with Gasteiger partial charge in [0.15, 0.2) is 0 Å². The number of rotatable bonds is 2. The zero-order valence-electron chi connectivity index (χ0n) is 11.3. The maximum Gasteiger partial charge on any atom is 0.119 e. The van der Waals surface area contributed by atoms with Gasteiger partial charge in [0.05, 0.1) is 0 Å². The number of halogens is 1. The molecule has 1 nitrogen and oxygen atoms in total. The Morgan fingerprint density at radius 2 is 2.06 bits per heavy atom. The van der Waals surface area contributed by atoms with Gasteiger partial charge in [-0.15, -0.1) is 0 Å². The third-order valence-corrected chi connectivity index (χ3v) is 4.55. The molecule has 0 saturated heterocycles. The molecule has 0 fully saturated rings. The molecule has 2 rings (SSSR count). The molecule has 0 heterocycles. The second-order valence-corrected chi connectivity index (χ2v) is 6.34. The quantitative estimate of drug-likeness (QED) is 0.740. The lowest BCUT2D eigenvalue weighted by Crippen LogP contribution is -2.30. The van der Waals surface area contributed by atoms with Gasteiger partial charge < -0.3 is 5.11 Å². The van der Waals surface area contributed by atoms with Crippen molar-refractivity contribution in [1.29, 1.82) is 0 Å². The summed E-state index contributed by atoms with van der Waals surface area (Å²) in [6, 6.07) is 5.34. The summed E-state index contributed by atoms with van der Waals surface area (Å²) in [6.07, 6.45) is 5.76. The number of hydrogen-bond acceptors (Lipinski definition) is 1. The fourth-order valence-corrected chi connectivity index (χ4v) is 3.04. The van der Waals surface area contributed by atoms with E-state index in [4.69, 9.17) is 11.6 Å². The van der Waals surface area contributed by atoms with Crippen LogP contribution in [0.5, 0.6) is 5.75 Å². The largest absolute Gasteiger partial charge is 0.508 e. The zero-order chi connectivity index (χ0) is 13.3. The summed E-state index contributed by atoms with van der Waals surface area (Å²) >= 11 is 6.06. The van der Waals surface area contributed by atoms with Crippen molar-refractivity contribution in [3.8, 4) is 5.75 Å². The van der Waals surface area contributed by atoms with E-state index >= 15 is 0 Å². The first-order valence-corrected chi connectivity index (χ1v) is 6.93. The van der Waals surface area contributed by atoms with Gasteiger partial charge in [-0.2, -0.15) is 0 Å². The molecule has 0 aliphatic heterocycles. The van der Waals surface area contributed by atoms with Crippen LogP contribution < -0.4 is 0 Å². The van der Waals surface area contributed by atoms with Crippen molar-refractivity contribution in [1.82, 2.24) is 0 Å². The van der Waals surface area contributed by atoms with Crippen molar-refractivity contribution in [3.05, 3.63) is 40.4 Å². The molecule has 0 bridgehead atoms. The first kappa shape index (κ1) is 13.5. The van der Waals surface area contributed by atoms with Gasteiger partial charge in [0, 0.05) is 10.6 Å². The first-order valence-electron chi connectivity index (χ1n) is 6.56. The van der Waals surface area contributed by atoms with Crippen LogP contribution in [0.25, 0.3) is 0 Å². The van der Waals surface area contributed by atoms with Gasteiger partial charge in [-0.1, -0.05) is 37.1 Å². The van der Waals surface area contributed by atoms with E-state index in [2.05, 4.69) is 26.8 Å². The minimum Gasteiger partial charge on any atom is -0.508 e. The lowest BCUT2D eigenvalue weighted by molar-refractivity contribution is 0.282. The Morgan fingerprint density at radius 1 is 1.33 bits per heavy atom. The highest BCUT2D eigenvalue weighted by Gasteiger charge is 2.33. The van der Waals surface area contributed by atoms with Crippen LogP contribution in [0.2, 0.25) is 5.02 Å². The Labute approximate surface area is 114 Å². The fraction of sp³-hybridized carbons (Fsp3) is 0.500. The molecule has 1 N–H and O–H groups in total. The third-order valence-electron chi connectivity index (χ3n) is 4.31. The van der Waals surface area contributed by atoms with Crippen molar-refractivity contribution in [2.24, 2.45) is 5.92 Å². The van der Waals surface area contributed by atoms with E-state index in [0.717, 1.165) is 18.4 Å². The second-order valence-electron chi connectivity index (χ2n) is 5.90. The number of phenols is 1. The molecular formula is C16H21ClO. The molecule has 1 aliphatic carbocycles. The van der Waals surface area contributed by atoms with Crippen LogP contribution in [-0.4, -0.2) is 5.11 Å². The van der Waals surface area contributed by atoms with Crippen LogP contribution in [0.15, 0.2) is 29.8 Å². The molecule has 1 aromatic rings. The van der Waals surface area contributed by atoms with Gasteiger partial charge in [-0.3, -0.25) is 0 Å². The highest BCUT2D eigenvalue weighted by atomic mass is 35.5. The van der Waals surface area contributed by atoms with Gasteiger partial charge in [0.1, 0.15) is 5.75 Å². The van der Waals surface area contributed by atoms with Crippen LogP contribution in [-0.2, 0) is 5.41 Å². The molecule has 0 spiro atoms. The predicted octanol–water partition coefficient (Wildman–Crippen LogP) is 5.07. The van der Waals surface area contributed by atoms with Gasteiger partial charge in [-0.25, -0.2) is 0 Å². The molecule has 1 aromatic carbocycles. The van der Waals surface area contributed by atoms with E-state index in [9.17, 15) is 5.11 Å². The summed E-state index contributed by atoms with van der Waals surface area (Å²) in [4.78, 5) is 0. The molecule has 0 radical (unpaired) electrons. The first-order chi connectivity index (χ1) is 8.41. The standard InChI is InChI=1S/C16H21ClO/c1-11-4-6-12(7-5-11)16(2,3)14-10-13(17)8-9-15(14)18/h4,8-10,12,18H,5-7H2,1-3H3. The topological polar surface area (TPSA) is 20.2 Å². The highest BCUT2D eigenvalue weighted by molar-refractivity contribution is 6.30. The lowest BCUT2D eigenvalue weighted by atomic mass is 9.68. The van der Waals surface area contributed by atoms with Crippen LogP contribution >= 0.6 is 11.6 Å². The molecule has 0 saturated carbocycles. The number of benzene rings is 1. The number of hydrogen-bond donors (Lipinski definition) is 1. The zero-order valence-corrected chi connectivity index (χ0v) is 12.1. The Kier molecular flexibility index (Phi) is 3.72. The monoisotopic (exact) mass is 264 g/mol. The van der Waals surface area contributed by atoms with Crippen LogP contribution in [0, 0.1) is 5.92 Å². The van der Waals surface area contributed by atoms with E-state index in [1.54, 1.807) is 12.1 Å². The minimum absolute atomic E-state index is 0.0494. The summed E-state index contributed by atoms with van der Waals surface area (Å²) in [5, 5.41) is 10.8. The Bertz CT molecular complexity index is 474. The van der Waals surface area contributed by atoms with Crippen LogP contribution in [0.4, 0.5) is 0 Å². The smallest absolute Gasteiger partial charge is 0.119 e. The molecule has 2 heteroatoms. The number of aromatic hydroxyl groups is 1. The predicted molar refractivity (Wildman–Crippen MR) is 77.2 cm³/mol. The normalized spacial score (nSPS) is 20.7. The summed E-state index contributed by atoms with van der Waals surface area (Å²) in [6.45, 7) is 6.61. The Hall–Kier alpha value is -0.950. The Balaban J connectivity index is 2.33. The molecule has 1 aliphatic rings. The highest BCUT2D eigenvalue weighted by Crippen LogP contribution is 2.43. The van der Waals surface area contributed by atoms with Gasteiger partial charge in [0.2, 0.25) is 0 Å². The minimum atomic E-state index is -0.0494. The molecule has 0 amide bonds. The molecule has 18 heavy (non-hydrogen) atoms. The molecule has 1 unspecified atom stereocenters. The van der Waals surface area contributed by atoms with E-state index in [0.29, 0.717) is 16.7 Å². The second kappa shape index (κ2) is 4.97. The van der Waals surface area contributed by atoms with E-state index in [1.807, 2.05) is 6.07 Å².